The second-order valence-electron chi connectivity index (χ2n) is 5.49. The van der Waals surface area contributed by atoms with Crippen LogP contribution in [0, 0.1) is 0 Å². The van der Waals surface area contributed by atoms with E-state index in [1.54, 1.807) is 23.5 Å². The van der Waals surface area contributed by atoms with E-state index in [4.69, 9.17) is 9.47 Å². The van der Waals surface area contributed by atoms with Crippen molar-refractivity contribution in [3.8, 4) is 0 Å². The molecule has 1 N–H and O–H groups in total. The van der Waals surface area contributed by atoms with E-state index < -0.39 is 5.97 Å². The zero-order valence-corrected chi connectivity index (χ0v) is 14.6. The number of carbonyl (C=O) groups is 2. The van der Waals surface area contributed by atoms with Gasteiger partial charge in [0.15, 0.2) is 6.61 Å². The predicted octanol–water partition coefficient (Wildman–Crippen LogP) is 3.15. The van der Waals surface area contributed by atoms with Crippen molar-refractivity contribution in [2.75, 3.05) is 6.61 Å². The molecule has 5 nitrogen and oxygen atoms in total. The lowest BCUT2D eigenvalue weighted by Gasteiger charge is -2.08. The minimum absolute atomic E-state index is 0.155. The second kappa shape index (κ2) is 9.20. The van der Waals surface area contributed by atoms with Crippen molar-refractivity contribution in [2.24, 2.45) is 0 Å². The molecule has 0 aliphatic carbocycles. The minimum atomic E-state index is -0.516. The highest BCUT2D eigenvalue weighted by Crippen LogP contribution is 2.09. The van der Waals surface area contributed by atoms with Crippen LogP contribution in [-0.4, -0.2) is 24.6 Å². The first-order valence-electron chi connectivity index (χ1n) is 7.71. The lowest BCUT2D eigenvalue weighted by atomic mass is 10.1. The Morgan fingerprint density at radius 1 is 1.17 bits per heavy atom. The molecule has 0 atom stereocenters. The van der Waals surface area contributed by atoms with Crippen molar-refractivity contribution in [2.45, 2.75) is 33.1 Å². The average Bonchev–Trinajstić information content (AvgIpc) is 3.10. The van der Waals surface area contributed by atoms with Crippen molar-refractivity contribution in [1.29, 1.82) is 0 Å². The van der Waals surface area contributed by atoms with Gasteiger partial charge < -0.3 is 14.8 Å². The fraction of sp³-hybridized carbons (Fsp3) is 0.333. The van der Waals surface area contributed by atoms with Gasteiger partial charge in [-0.25, -0.2) is 4.79 Å². The molecule has 1 aromatic carbocycles. The normalized spacial score (nSPS) is 10.6. The van der Waals surface area contributed by atoms with Crippen molar-refractivity contribution < 1.29 is 19.1 Å². The van der Waals surface area contributed by atoms with Gasteiger partial charge in [0, 0.05) is 4.88 Å². The van der Waals surface area contributed by atoms with Crippen molar-refractivity contribution in [3.05, 3.63) is 57.8 Å². The molecule has 2 aromatic rings. The molecule has 0 bridgehead atoms. The molecule has 0 aliphatic heterocycles. The Bertz CT molecular complexity index is 650. The molecule has 0 unspecified atom stereocenters. The average molecular weight is 347 g/mol. The number of amides is 1. The standard InChI is InChI=1S/C18H21NO4S/c1-13(2)22-11-14-5-7-15(8-6-14)18(21)23-12-17(20)19-10-16-4-3-9-24-16/h3-9,13H,10-12H2,1-2H3,(H,19,20). The van der Waals surface area contributed by atoms with Crippen LogP contribution >= 0.6 is 11.3 Å². The Labute approximate surface area is 145 Å². The van der Waals surface area contributed by atoms with Crippen LogP contribution in [0.2, 0.25) is 0 Å². The first-order chi connectivity index (χ1) is 11.5. The van der Waals surface area contributed by atoms with Gasteiger partial charge in [0.2, 0.25) is 0 Å². The van der Waals surface area contributed by atoms with Gasteiger partial charge in [0.05, 0.1) is 24.8 Å². The highest BCUT2D eigenvalue weighted by molar-refractivity contribution is 7.09. The smallest absolute Gasteiger partial charge is 0.338 e. The number of ether oxygens (including phenoxy) is 2. The summed E-state index contributed by atoms with van der Waals surface area (Å²) < 4.78 is 10.5. The molecule has 0 spiro atoms. The SMILES string of the molecule is CC(C)OCc1ccc(C(=O)OCC(=O)NCc2cccs2)cc1. The molecule has 0 saturated heterocycles. The number of rotatable bonds is 8. The number of carbonyl (C=O) groups excluding carboxylic acids is 2. The zero-order chi connectivity index (χ0) is 17.4. The van der Waals surface area contributed by atoms with Gasteiger partial charge in [0.25, 0.3) is 5.91 Å². The van der Waals surface area contributed by atoms with E-state index in [-0.39, 0.29) is 18.6 Å². The predicted molar refractivity (Wildman–Crippen MR) is 92.8 cm³/mol. The molecule has 1 amide bonds. The summed E-state index contributed by atoms with van der Waals surface area (Å²) in [6.45, 7) is 4.59. The Kier molecular flexibility index (Phi) is 6.96. The highest BCUT2D eigenvalue weighted by atomic mass is 32.1. The van der Waals surface area contributed by atoms with Crippen LogP contribution in [0.3, 0.4) is 0 Å². The third-order valence-electron chi connectivity index (χ3n) is 3.15. The van der Waals surface area contributed by atoms with Gasteiger partial charge in [-0.1, -0.05) is 18.2 Å². The number of hydrogen-bond donors (Lipinski definition) is 1. The number of esters is 1. The molecule has 1 heterocycles. The lowest BCUT2D eigenvalue weighted by molar-refractivity contribution is -0.124. The van der Waals surface area contributed by atoms with Crippen LogP contribution in [0.15, 0.2) is 41.8 Å². The summed E-state index contributed by atoms with van der Waals surface area (Å²) in [6, 6.07) is 10.8. The maximum atomic E-state index is 11.9. The maximum Gasteiger partial charge on any atom is 0.338 e. The summed E-state index contributed by atoms with van der Waals surface area (Å²) in [6.07, 6.45) is 0.155. The number of benzene rings is 1. The summed E-state index contributed by atoms with van der Waals surface area (Å²) in [4.78, 5) is 24.7. The summed E-state index contributed by atoms with van der Waals surface area (Å²) in [5.41, 5.74) is 1.39. The second-order valence-corrected chi connectivity index (χ2v) is 6.52. The highest BCUT2D eigenvalue weighted by Gasteiger charge is 2.10. The Morgan fingerprint density at radius 2 is 1.92 bits per heavy atom. The fourth-order valence-electron chi connectivity index (χ4n) is 1.86. The molecule has 6 heteroatoms. The maximum absolute atomic E-state index is 11.9. The molecule has 0 radical (unpaired) electrons. The van der Waals surface area contributed by atoms with E-state index in [1.165, 1.54) is 0 Å². The monoisotopic (exact) mass is 347 g/mol. The van der Waals surface area contributed by atoms with E-state index in [9.17, 15) is 9.59 Å². The van der Waals surface area contributed by atoms with Crippen LogP contribution in [0.4, 0.5) is 0 Å². The number of thiophene rings is 1. The van der Waals surface area contributed by atoms with Crippen LogP contribution in [0.25, 0.3) is 0 Å². The number of nitrogens with one attached hydrogen (secondary N) is 1. The van der Waals surface area contributed by atoms with Gasteiger partial charge >= 0.3 is 5.97 Å². The van der Waals surface area contributed by atoms with E-state index in [0.29, 0.717) is 18.7 Å². The number of hydrogen-bond acceptors (Lipinski definition) is 5. The fourth-order valence-corrected chi connectivity index (χ4v) is 2.51. The Balaban J connectivity index is 1.74. The quantitative estimate of drug-likeness (QED) is 0.745. The minimum Gasteiger partial charge on any atom is -0.452 e. The van der Waals surface area contributed by atoms with E-state index in [2.05, 4.69) is 5.32 Å². The van der Waals surface area contributed by atoms with Crippen LogP contribution in [0.5, 0.6) is 0 Å². The Hall–Kier alpha value is -2.18. The van der Waals surface area contributed by atoms with Crippen molar-refractivity contribution in [3.63, 3.8) is 0 Å². The zero-order valence-electron chi connectivity index (χ0n) is 13.8. The molecule has 2 rings (SSSR count). The molecule has 128 valence electrons. The largest absolute Gasteiger partial charge is 0.452 e. The summed E-state index contributed by atoms with van der Waals surface area (Å²) >= 11 is 1.56. The van der Waals surface area contributed by atoms with Crippen LogP contribution in [0.1, 0.15) is 34.6 Å². The molecule has 24 heavy (non-hydrogen) atoms. The molecular weight excluding hydrogens is 326 g/mol. The van der Waals surface area contributed by atoms with Crippen LogP contribution < -0.4 is 5.32 Å². The molecule has 0 fully saturated rings. The van der Waals surface area contributed by atoms with Crippen molar-refractivity contribution >= 4 is 23.2 Å². The molecular formula is C18H21NO4S. The van der Waals surface area contributed by atoms with Gasteiger partial charge in [-0.3, -0.25) is 4.79 Å². The molecule has 0 aliphatic rings. The topological polar surface area (TPSA) is 64.6 Å². The van der Waals surface area contributed by atoms with Gasteiger partial charge in [-0.15, -0.1) is 11.3 Å². The van der Waals surface area contributed by atoms with Crippen LogP contribution in [-0.2, 0) is 27.4 Å². The van der Waals surface area contributed by atoms with Gasteiger partial charge in [-0.2, -0.15) is 0 Å². The Morgan fingerprint density at radius 3 is 2.54 bits per heavy atom. The van der Waals surface area contributed by atoms with E-state index >= 15 is 0 Å². The summed E-state index contributed by atoms with van der Waals surface area (Å²) in [5.74, 6) is -0.837. The van der Waals surface area contributed by atoms with Gasteiger partial charge in [0.1, 0.15) is 0 Å². The first kappa shape index (κ1) is 18.2. The summed E-state index contributed by atoms with van der Waals surface area (Å²) in [5, 5.41) is 4.65. The van der Waals surface area contributed by atoms with Gasteiger partial charge in [-0.05, 0) is 43.0 Å². The molecule has 1 aromatic heterocycles. The first-order valence-corrected chi connectivity index (χ1v) is 8.59. The van der Waals surface area contributed by atoms with Crippen molar-refractivity contribution in [1.82, 2.24) is 5.32 Å². The molecule has 0 saturated carbocycles. The van der Waals surface area contributed by atoms with E-state index in [0.717, 1.165) is 10.4 Å². The third-order valence-corrected chi connectivity index (χ3v) is 4.02. The summed E-state index contributed by atoms with van der Waals surface area (Å²) in [7, 11) is 0. The lowest BCUT2D eigenvalue weighted by Crippen LogP contribution is -2.28. The third kappa shape index (κ3) is 6.14. The van der Waals surface area contributed by atoms with E-state index in [1.807, 2.05) is 43.5 Å².